The summed E-state index contributed by atoms with van der Waals surface area (Å²) in [6.07, 6.45) is 1.93. The average molecular weight is 219 g/mol. The first-order valence-corrected chi connectivity index (χ1v) is 4.97. The number of hydrogen-bond acceptors (Lipinski definition) is 3. The van der Waals surface area contributed by atoms with Gasteiger partial charge < -0.3 is 5.11 Å². The van der Waals surface area contributed by atoms with E-state index in [9.17, 15) is 13.6 Å². The van der Waals surface area contributed by atoms with E-state index in [4.69, 9.17) is 5.11 Å². The zero-order valence-corrected chi connectivity index (χ0v) is 7.85. The summed E-state index contributed by atoms with van der Waals surface area (Å²) in [5.74, 6) is -5.73. The van der Waals surface area contributed by atoms with Crippen molar-refractivity contribution in [2.24, 2.45) is 0 Å². The fraction of sp³-hybridized carbons (Fsp3) is 0.500. The van der Waals surface area contributed by atoms with Crippen LogP contribution in [0.5, 0.6) is 0 Å². The zero-order valence-electron chi connectivity index (χ0n) is 7.04. The molecular weight excluding hydrogens is 212 g/mol. The van der Waals surface area contributed by atoms with Gasteiger partial charge in [0.15, 0.2) is 0 Å². The smallest absolute Gasteiger partial charge is 0.385 e. The molecule has 0 atom stereocenters. The van der Waals surface area contributed by atoms with Crippen LogP contribution in [0.4, 0.5) is 8.78 Å². The molecule has 14 heavy (non-hydrogen) atoms. The van der Waals surface area contributed by atoms with Crippen molar-refractivity contribution in [2.45, 2.75) is 24.7 Å². The first kappa shape index (κ1) is 9.51. The molecule has 1 aliphatic rings. The Morgan fingerprint density at radius 2 is 2.29 bits per heavy atom. The molecular formula is C8H7F2NO2S. The van der Waals surface area contributed by atoms with Gasteiger partial charge in [-0.2, -0.15) is 8.78 Å². The number of thiazole rings is 1. The number of aliphatic carboxylic acids is 1. The van der Waals surface area contributed by atoms with Crippen molar-refractivity contribution >= 4 is 17.3 Å². The monoisotopic (exact) mass is 219 g/mol. The molecule has 1 fully saturated rings. The lowest BCUT2D eigenvalue weighted by atomic mass is 10.3. The SMILES string of the molecule is O=C(O)C(F)(F)c1csc(C2CC2)n1. The fourth-order valence-corrected chi connectivity index (χ4v) is 2.07. The van der Waals surface area contributed by atoms with E-state index < -0.39 is 17.6 Å². The first-order valence-electron chi connectivity index (χ1n) is 4.09. The molecule has 2 rings (SSSR count). The number of halogens is 2. The largest absolute Gasteiger partial charge is 0.476 e. The fourth-order valence-electron chi connectivity index (χ4n) is 1.06. The third-order valence-corrected chi connectivity index (χ3v) is 3.05. The molecule has 1 aromatic heterocycles. The van der Waals surface area contributed by atoms with Crippen molar-refractivity contribution in [1.82, 2.24) is 4.98 Å². The number of alkyl halides is 2. The molecule has 3 nitrogen and oxygen atoms in total. The van der Waals surface area contributed by atoms with Gasteiger partial charge in [-0.3, -0.25) is 0 Å². The van der Waals surface area contributed by atoms with Gasteiger partial charge in [0.05, 0.1) is 5.01 Å². The summed E-state index contributed by atoms with van der Waals surface area (Å²) in [5, 5.41) is 10.0. The first-order chi connectivity index (χ1) is 6.51. The summed E-state index contributed by atoms with van der Waals surface area (Å²) in [7, 11) is 0. The van der Waals surface area contributed by atoms with Crippen LogP contribution in [0.3, 0.4) is 0 Å². The van der Waals surface area contributed by atoms with Gasteiger partial charge in [-0.1, -0.05) is 0 Å². The van der Waals surface area contributed by atoms with Crippen LogP contribution in [0.25, 0.3) is 0 Å². The lowest BCUT2D eigenvalue weighted by Gasteiger charge is -2.06. The van der Waals surface area contributed by atoms with Crippen molar-refractivity contribution in [3.63, 3.8) is 0 Å². The second-order valence-electron chi connectivity index (χ2n) is 3.22. The minimum atomic E-state index is -3.86. The summed E-state index contributed by atoms with van der Waals surface area (Å²) < 4.78 is 25.8. The molecule has 76 valence electrons. The Morgan fingerprint density at radius 1 is 1.64 bits per heavy atom. The quantitative estimate of drug-likeness (QED) is 0.847. The summed E-state index contributed by atoms with van der Waals surface area (Å²) in [5.41, 5.74) is -0.642. The third-order valence-electron chi connectivity index (χ3n) is 2.04. The Kier molecular flexibility index (Phi) is 2.02. The maximum Gasteiger partial charge on any atom is 0.385 e. The van der Waals surface area contributed by atoms with E-state index >= 15 is 0 Å². The van der Waals surface area contributed by atoms with Gasteiger partial charge in [0.1, 0.15) is 5.69 Å². The number of carboxylic acid groups (broad SMARTS) is 1. The van der Waals surface area contributed by atoms with Gasteiger partial charge in [0.25, 0.3) is 0 Å². The topological polar surface area (TPSA) is 50.2 Å². The minimum Gasteiger partial charge on any atom is -0.476 e. The predicted molar refractivity (Wildman–Crippen MR) is 45.6 cm³/mol. The molecule has 1 heterocycles. The van der Waals surface area contributed by atoms with Crippen molar-refractivity contribution < 1.29 is 18.7 Å². The molecule has 6 heteroatoms. The molecule has 0 amide bonds. The van der Waals surface area contributed by atoms with E-state index in [1.54, 1.807) is 0 Å². The Bertz CT molecular complexity index is 373. The normalized spacial score (nSPS) is 17.0. The summed E-state index contributed by atoms with van der Waals surface area (Å²) in [6.45, 7) is 0. The molecule has 0 bridgehead atoms. The molecule has 1 N–H and O–H groups in total. The van der Waals surface area contributed by atoms with E-state index in [-0.39, 0.29) is 5.92 Å². The molecule has 1 aromatic rings. The highest BCUT2D eigenvalue weighted by atomic mass is 32.1. The molecule has 0 unspecified atom stereocenters. The Hall–Kier alpha value is -1.04. The van der Waals surface area contributed by atoms with Gasteiger partial charge >= 0.3 is 11.9 Å². The number of nitrogens with zero attached hydrogens (tertiary/aromatic N) is 1. The minimum absolute atomic E-state index is 0.276. The number of carboxylic acids is 1. The van der Waals surface area contributed by atoms with Crippen LogP contribution in [0.1, 0.15) is 29.5 Å². The molecule has 0 saturated heterocycles. The summed E-state index contributed by atoms with van der Waals surface area (Å²) in [4.78, 5) is 13.9. The van der Waals surface area contributed by atoms with Crippen molar-refractivity contribution in [3.05, 3.63) is 16.1 Å². The molecule has 0 spiro atoms. The Labute approximate surface area is 82.4 Å². The predicted octanol–water partition coefficient (Wildman–Crippen LogP) is 2.20. The molecule has 0 radical (unpaired) electrons. The number of aromatic nitrogens is 1. The third kappa shape index (κ3) is 1.50. The summed E-state index contributed by atoms with van der Waals surface area (Å²) >= 11 is 1.11. The number of rotatable bonds is 3. The van der Waals surface area contributed by atoms with Crippen LogP contribution in [0.15, 0.2) is 5.38 Å². The molecule has 1 saturated carbocycles. The standard InChI is InChI=1S/C8H7F2NO2S/c9-8(10,7(12)13)5-3-14-6(11-5)4-1-2-4/h3-4H,1-2H2,(H,12,13). The van der Waals surface area contributed by atoms with Gasteiger partial charge in [-0.05, 0) is 12.8 Å². The van der Waals surface area contributed by atoms with Crippen LogP contribution >= 0.6 is 11.3 Å². The van der Waals surface area contributed by atoms with Gasteiger partial charge in [0, 0.05) is 11.3 Å². The van der Waals surface area contributed by atoms with E-state index in [2.05, 4.69) is 4.98 Å². The second-order valence-corrected chi connectivity index (χ2v) is 4.11. The second kappa shape index (κ2) is 2.98. The van der Waals surface area contributed by atoms with Gasteiger partial charge in [-0.15, -0.1) is 11.3 Å². The van der Waals surface area contributed by atoms with Crippen LogP contribution in [0, 0.1) is 0 Å². The molecule has 0 aliphatic heterocycles. The van der Waals surface area contributed by atoms with Crippen molar-refractivity contribution in [1.29, 1.82) is 0 Å². The Morgan fingerprint density at radius 3 is 2.79 bits per heavy atom. The highest BCUT2D eigenvalue weighted by molar-refractivity contribution is 7.09. The summed E-state index contributed by atoms with van der Waals surface area (Å²) in [6, 6.07) is 0. The molecule has 0 aromatic carbocycles. The van der Waals surface area contributed by atoms with Crippen molar-refractivity contribution in [2.75, 3.05) is 0 Å². The van der Waals surface area contributed by atoms with E-state index in [0.29, 0.717) is 5.01 Å². The van der Waals surface area contributed by atoms with E-state index in [1.165, 1.54) is 0 Å². The maximum absolute atomic E-state index is 12.9. The Balaban J connectivity index is 2.27. The number of hydrogen-bond donors (Lipinski definition) is 1. The van der Waals surface area contributed by atoms with Crippen LogP contribution in [0.2, 0.25) is 0 Å². The van der Waals surface area contributed by atoms with Gasteiger partial charge in [0.2, 0.25) is 0 Å². The number of carbonyl (C=O) groups is 1. The van der Waals surface area contributed by atoms with Crippen LogP contribution in [-0.4, -0.2) is 16.1 Å². The maximum atomic E-state index is 12.9. The lowest BCUT2D eigenvalue weighted by Crippen LogP contribution is -2.25. The molecule has 1 aliphatic carbocycles. The average Bonchev–Trinajstić information content (AvgIpc) is 2.83. The lowest BCUT2D eigenvalue weighted by molar-refractivity contribution is -0.166. The van der Waals surface area contributed by atoms with Crippen LogP contribution in [-0.2, 0) is 10.7 Å². The highest BCUT2D eigenvalue weighted by Gasteiger charge is 2.44. The van der Waals surface area contributed by atoms with Gasteiger partial charge in [-0.25, -0.2) is 9.78 Å². The van der Waals surface area contributed by atoms with E-state index in [0.717, 1.165) is 29.6 Å². The zero-order chi connectivity index (χ0) is 10.3. The highest BCUT2D eigenvalue weighted by Crippen LogP contribution is 2.42. The van der Waals surface area contributed by atoms with E-state index in [1.807, 2.05) is 0 Å². The van der Waals surface area contributed by atoms with Crippen LogP contribution < -0.4 is 0 Å². The van der Waals surface area contributed by atoms with Crippen molar-refractivity contribution in [3.8, 4) is 0 Å².